The molecule has 0 spiro atoms. The number of alkyl halides is 2. The second-order valence-corrected chi connectivity index (χ2v) is 5.77. The van der Waals surface area contributed by atoms with Gasteiger partial charge in [-0.1, -0.05) is 49.7 Å². The molecule has 0 amide bonds. The zero-order chi connectivity index (χ0) is 14.9. The van der Waals surface area contributed by atoms with Crippen LogP contribution in [0.15, 0.2) is 28.7 Å². The maximum Gasteiger partial charge on any atom is 0.263 e. The van der Waals surface area contributed by atoms with E-state index < -0.39 is 6.43 Å². The summed E-state index contributed by atoms with van der Waals surface area (Å²) in [5.74, 6) is 0.603. The van der Waals surface area contributed by atoms with Gasteiger partial charge in [0.25, 0.3) is 6.43 Å². The van der Waals surface area contributed by atoms with Crippen LogP contribution in [0.3, 0.4) is 0 Å². The predicted octanol–water partition coefficient (Wildman–Crippen LogP) is 5.62. The summed E-state index contributed by atoms with van der Waals surface area (Å²) < 4.78 is 25.7. The lowest BCUT2D eigenvalue weighted by atomic mass is 10.1. The molecule has 0 saturated heterocycles. The SMILES string of the molecule is CC(C)c1nc(-c2ccc(C(F)F)cc2)nc(Cl)c1Br. The van der Waals surface area contributed by atoms with Gasteiger partial charge in [0.2, 0.25) is 0 Å². The van der Waals surface area contributed by atoms with E-state index >= 15 is 0 Å². The summed E-state index contributed by atoms with van der Waals surface area (Å²) in [5.41, 5.74) is 1.42. The molecule has 0 aliphatic carbocycles. The van der Waals surface area contributed by atoms with Gasteiger partial charge in [-0.25, -0.2) is 18.7 Å². The third kappa shape index (κ3) is 3.15. The highest BCUT2D eigenvalue weighted by atomic mass is 79.9. The molecule has 6 heteroatoms. The minimum Gasteiger partial charge on any atom is -0.232 e. The van der Waals surface area contributed by atoms with Gasteiger partial charge in [-0.05, 0) is 21.8 Å². The van der Waals surface area contributed by atoms with Crippen LogP contribution in [-0.4, -0.2) is 9.97 Å². The summed E-state index contributed by atoms with van der Waals surface area (Å²) >= 11 is 9.44. The summed E-state index contributed by atoms with van der Waals surface area (Å²) in [5, 5.41) is 0.316. The lowest BCUT2D eigenvalue weighted by molar-refractivity contribution is 0.151. The largest absolute Gasteiger partial charge is 0.263 e. The zero-order valence-corrected chi connectivity index (χ0v) is 13.2. The Kier molecular flexibility index (Phi) is 4.70. The summed E-state index contributed by atoms with van der Waals surface area (Å²) in [6.07, 6.45) is -2.48. The van der Waals surface area contributed by atoms with Gasteiger partial charge in [0.1, 0.15) is 5.15 Å². The van der Waals surface area contributed by atoms with Crippen LogP contribution in [0.2, 0.25) is 5.15 Å². The van der Waals surface area contributed by atoms with Crippen molar-refractivity contribution in [3.05, 3.63) is 45.1 Å². The van der Waals surface area contributed by atoms with Crippen molar-refractivity contribution in [2.45, 2.75) is 26.2 Å². The highest BCUT2D eigenvalue weighted by Crippen LogP contribution is 2.31. The van der Waals surface area contributed by atoms with Crippen molar-refractivity contribution in [2.75, 3.05) is 0 Å². The van der Waals surface area contributed by atoms with Gasteiger partial charge >= 0.3 is 0 Å². The molecule has 0 bridgehead atoms. The summed E-state index contributed by atoms with van der Waals surface area (Å²) in [7, 11) is 0. The first-order valence-electron chi connectivity index (χ1n) is 6.01. The Bertz CT molecular complexity index is 615. The molecule has 0 aliphatic heterocycles. The fourth-order valence-electron chi connectivity index (χ4n) is 1.73. The molecule has 1 aromatic carbocycles. The van der Waals surface area contributed by atoms with E-state index in [0.29, 0.717) is 21.0 Å². The summed E-state index contributed by atoms with van der Waals surface area (Å²) in [4.78, 5) is 8.63. The maximum absolute atomic E-state index is 12.5. The third-order valence-electron chi connectivity index (χ3n) is 2.80. The molecular formula is C14H12BrClF2N2. The molecule has 106 valence electrons. The number of benzene rings is 1. The van der Waals surface area contributed by atoms with E-state index in [0.717, 1.165) is 5.69 Å². The molecule has 20 heavy (non-hydrogen) atoms. The first kappa shape index (κ1) is 15.3. The number of aromatic nitrogens is 2. The molecule has 0 radical (unpaired) electrons. The number of halogens is 4. The lowest BCUT2D eigenvalue weighted by Gasteiger charge is -2.11. The molecule has 2 aromatic rings. The second-order valence-electron chi connectivity index (χ2n) is 4.61. The van der Waals surface area contributed by atoms with Crippen LogP contribution in [0.4, 0.5) is 8.78 Å². The van der Waals surface area contributed by atoms with Gasteiger partial charge in [0.05, 0.1) is 10.2 Å². The minimum absolute atomic E-state index is 0.0268. The topological polar surface area (TPSA) is 25.8 Å². The van der Waals surface area contributed by atoms with E-state index in [-0.39, 0.29) is 11.5 Å². The Labute approximate surface area is 129 Å². The molecule has 0 N–H and O–H groups in total. The Hall–Kier alpha value is -1.07. The van der Waals surface area contributed by atoms with E-state index in [2.05, 4.69) is 25.9 Å². The molecule has 2 rings (SSSR count). The van der Waals surface area contributed by atoms with Crippen molar-refractivity contribution in [2.24, 2.45) is 0 Å². The fraction of sp³-hybridized carbons (Fsp3) is 0.286. The monoisotopic (exact) mass is 360 g/mol. The van der Waals surface area contributed by atoms with Crippen LogP contribution in [0.5, 0.6) is 0 Å². The van der Waals surface area contributed by atoms with E-state index in [1.807, 2.05) is 13.8 Å². The van der Waals surface area contributed by atoms with Crippen LogP contribution >= 0.6 is 27.5 Å². The Morgan fingerprint density at radius 3 is 2.20 bits per heavy atom. The van der Waals surface area contributed by atoms with Gasteiger partial charge in [-0.2, -0.15) is 0 Å². The van der Waals surface area contributed by atoms with Crippen molar-refractivity contribution in [3.8, 4) is 11.4 Å². The Morgan fingerprint density at radius 1 is 1.10 bits per heavy atom. The number of rotatable bonds is 3. The van der Waals surface area contributed by atoms with Crippen LogP contribution in [0.25, 0.3) is 11.4 Å². The second kappa shape index (κ2) is 6.14. The van der Waals surface area contributed by atoms with E-state index in [1.54, 1.807) is 12.1 Å². The van der Waals surface area contributed by atoms with Crippen molar-refractivity contribution in [3.63, 3.8) is 0 Å². The molecule has 0 aliphatic rings. The third-order valence-corrected chi connectivity index (χ3v) is 4.09. The minimum atomic E-state index is -2.48. The maximum atomic E-state index is 12.5. The van der Waals surface area contributed by atoms with Gasteiger partial charge in [-0.3, -0.25) is 0 Å². The molecule has 0 atom stereocenters. The highest BCUT2D eigenvalue weighted by Gasteiger charge is 2.15. The smallest absolute Gasteiger partial charge is 0.232 e. The Balaban J connectivity index is 2.47. The van der Waals surface area contributed by atoms with E-state index in [1.165, 1.54) is 12.1 Å². The molecule has 2 nitrogen and oxygen atoms in total. The van der Waals surface area contributed by atoms with Gasteiger partial charge in [0.15, 0.2) is 5.82 Å². The zero-order valence-electron chi connectivity index (χ0n) is 10.9. The number of hydrogen-bond donors (Lipinski definition) is 0. The number of nitrogens with zero attached hydrogens (tertiary/aromatic N) is 2. The molecule has 1 heterocycles. The van der Waals surface area contributed by atoms with Crippen molar-refractivity contribution < 1.29 is 8.78 Å². The Morgan fingerprint density at radius 2 is 1.70 bits per heavy atom. The molecule has 0 unspecified atom stereocenters. The van der Waals surface area contributed by atoms with Gasteiger partial charge in [-0.15, -0.1) is 0 Å². The first-order valence-corrected chi connectivity index (χ1v) is 7.18. The molecule has 0 fully saturated rings. The summed E-state index contributed by atoms with van der Waals surface area (Å²) in [6.45, 7) is 3.99. The molecule has 1 aromatic heterocycles. The first-order chi connectivity index (χ1) is 9.40. The van der Waals surface area contributed by atoms with Crippen LogP contribution in [-0.2, 0) is 0 Å². The highest BCUT2D eigenvalue weighted by molar-refractivity contribution is 9.10. The quantitative estimate of drug-likeness (QED) is 0.663. The number of hydrogen-bond acceptors (Lipinski definition) is 2. The average Bonchev–Trinajstić information content (AvgIpc) is 2.41. The van der Waals surface area contributed by atoms with E-state index in [4.69, 9.17) is 11.6 Å². The van der Waals surface area contributed by atoms with Crippen molar-refractivity contribution in [1.82, 2.24) is 9.97 Å². The van der Waals surface area contributed by atoms with Crippen molar-refractivity contribution >= 4 is 27.5 Å². The van der Waals surface area contributed by atoms with Crippen LogP contribution in [0, 0.1) is 0 Å². The van der Waals surface area contributed by atoms with Gasteiger partial charge in [0, 0.05) is 11.1 Å². The van der Waals surface area contributed by atoms with Crippen molar-refractivity contribution in [1.29, 1.82) is 0 Å². The average molecular weight is 362 g/mol. The standard InChI is InChI=1S/C14H12BrClF2N2/c1-7(2)11-10(15)12(16)20-14(19-11)9-5-3-8(4-6-9)13(17)18/h3-7,13H,1-2H3. The van der Waals surface area contributed by atoms with E-state index in [9.17, 15) is 8.78 Å². The normalized spacial score (nSPS) is 11.4. The lowest BCUT2D eigenvalue weighted by Crippen LogP contribution is -2.00. The molecule has 0 saturated carbocycles. The van der Waals surface area contributed by atoms with Gasteiger partial charge < -0.3 is 0 Å². The molecular weight excluding hydrogens is 350 g/mol. The summed E-state index contributed by atoms with van der Waals surface area (Å²) in [6, 6.07) is 5.89. The fourth-order valence-corrected chi connectivity index (χ4v) is 2.54. The van der Waals surface area contributed by atoms with Crippen LogP contribution < -0.4 is 0 Å². The predicted molar refractivity (Wildman–Crippen MR) is 79.2 cm³/mol. The van der Waals surface area contributed by atoms with Crippen LogP contribution in [0.1, 0.15) is 37.4 Å².